The Morgan fingerprint density at radius 3 is 2.82 bits per heavy atom. The van der Waals surface area contributed by atoms with Crippen LogP contribution in [0, 0.1) is 0 Å². The number of carbonyl (C=O) groups excluding carboxylic acids is 2. The summed E-state index contributed by atoms with van der Waals surface area (Å²) in [7, 11) is 1.65. The molecule has 1 aromatic carbocycles. The van der Waals surface area contributed by atoms with E-state index in [0.717, 1.165) is 63.5 Å². The van der Waals surface area contributed by atoms with E-state index >= 15 is 0 Å². The lowest BCUT2D eigenvalue weighted by molar-refractivity contribution is -0.138. The zero-order valence-electron chi connectivity index (χ0n) is 18.5. The third-order valence-electron chi connectivity index (χ3n) is 6.37. The average molecular weight is 484 g/mol. The van der Waals surface area contributed by atoms with Crippen LogP contribution in [0.25, 0.3) is 21.3 Å². The third kappa shape index (κ3) is 4.44. The number of carbonyl (C=O) groups is 2. The number of hydrogen-bond donors (Lipinski definition) is 1. The zero-order valence-corrected chi connectivity index (χ0v) is 20.1. The second-order valence-corrected chi connectivity index (χ2v) is 10.2. The van der Waals surface area contributed by atoms with Gasteiger partial charge < -0.3 is 15.0 Å². The summed E-state index contributed by atoms with van der Waals surface area (Å²) in [6.07, 6.45) is 6.21. The van der Waals surface area contributed by atoms with Crippen molar-refractivity contribution >= 4 is 45.0 Å². The summed E-state index contributed by atoms with van der Waals surface area (Å²) in [6.45, 7) is 1.61. The minimum Gasteiger partial charge on any atom is -0.479 e. The Bertz CT molecular complexity index is 1220. The van der Waals surface area contributed by atoms with Gasteiger partial charge in [0, 0.05) is 65.8 Å². The predicted molar refractivity (Wildman–Crippen MR) is 131 cm³/mol. The third-order valence-corrected chi connectivity index (χ3v) is 7.81. The molecule has 33 heavy (non-hydrogen) atoms. The molecule has 172 valence electrons. The van der Waals surface area contributed by atoms with Crippen LogP contribution in [0.4, 0.5) is 0 Å². The summed E-state index contributed by atoms with van der Waals surface area (Å²) in [4.78, 5) is 32.3. The Morgan fingerprint density at radius 1 is 1.21 bits per heavy atom. The van der Waals surface area contributed by atoms with Crippen molar-refractivity contribution in [2.45, 2.75) is 44.6 Å². The highest BCUT2D eigenvalue weighted by Crippen LogP contribution is 2.45. The van der Waals surface area contributed by atoms with Gasteiger partial charge in [-0.2, -0.15) is 0 Å². The maximum atomic E-state index is 13.1. The number of nitrogens with zero attached hydrogens (tertiary/aromatic N) is 2. The highest BCUT2D eigenvalue weighted by molar-refractivity contribution is 7.19. The van der Waals surface area contributed by atoms with Crippen LogP contribution in [-0.2, 0) is 22.4 Å². The van der Waals surface area contributed by atoms with Crippen LogP contribution in [-0.4, -0.2) is 47.9 Å². The molecule has 2 aromatic heterocycles. The molecule has 0 bridgehead atoms. The molecule has 1 N–H and O–H groups in total. The first-order valence-electron chi connectivity index (χ1n) is 11.4. The van der Waals surface area contributed by atoms with E-state index in [4.69, 9.17) is 16.3 Å². The fourth-order valence-corrected chi connectivity index (χ4v) is 6.05. The van der Waals surface area contributed by atoms with Gasteiger partial charge >= 0.3 is 0 Å². The van der Waals surface area contributed by atoms with Gasteiger partial charge in [-0.3, -0.25) is 14.6 Å². The monoisotopic (exact) mass is 483 g/mol. The lowest BCUT2D eigenvalue weighted by Crippen LogP contribution is -2.43. The Morgan fingerprint density at radius 2 is 2.03 bits per heavy atom. The molecule has 1 fully saturated rings. The minimum absolute atomic E-state index is 0.0196. The maximum absolute atomic E-state index is 13.1. The van der Waals surface area contributed by atoms with Crippen LogP contribution >= 0.6 is 22.9 Å². The maximum Gasteiger partial charge on any atom is 0.263 e. The van der Waals surface area contributed by atoms with Gasteiger partial charge in [-0.25, -0.2) is 0 Å². The van der Waals surface area contributed by atoms with Crippen molar-refractivity contribution in [3.8, 4) is 16.9 Å². The van der Waals surface area contributed by atoms with E-state index < -0.39 is 6.10 Å². The van der Waals surface area contributed by atoms with Crippen LogP contribution in [0.1, 0.15) is 36.1 Å². The van der Waals surface area contributed by atoms with Crippen LogP contribution in [0.3, 0.4) is 0 Å². The van der Waals surface area contributed by atoms with E-state index in [1.165, 1.54) is 6.42 Å². The Balaban J connectivity index is 1.47. The molecule has 2 aliphatic heterocycles. The molecule has 6 nitrogen and oxygen atoms in total. The molecular formula is C25H26ClN3O3S. The van der Waals surface area contributed by atoms with E-state index in [2.05, 4.69) is 10.3 Å². The molecule has 8 heteroatoms. The molecule has 5 rings (SSSR count). The van der Waals surface area contributed by atoms with Gasteiger partial charge in [0.2, 0.25) is 5.91 Å². The number of amides is 2. The van der Waals surface area contributed by atoms with Gasteiger partial charge in [0.1, 0.15) is 5.75 Å². The lowest BCUT2D eigenvalue weighted by Gasteiger charge is -2.28. The number of fused-ring (bicyclic) bond motifs is 2. The molecule has 0 spiro atoms. The number of ether oxygens (including phenoxy) is 1. The molecule has 1 saturated heterocycles. The molecule has 1 unspecified atom stereocenters. The van der Waals surface area contributed by atoms with Crippen molar-refractivity contribution in [3.63, 3.8) is 0 Å². The topological polar surface area (TPSA) is 71.5 Å². The van der Waals surface area contributed by atoms with E-state index in [1.54, 1.807) is 24.6 Å². The molecule has 4 heterocycles. The molecule has 2 amide bonds. The van der Waals surface area contributed by atoms with Crippen molar-refractivity contribution in [2.24, 2.45) is 0 Å². The first-order chi connectivity index (χ1) is 16.0. The summed E-state index contributed by atoms with van der Waals surface area (Å²) < 4.78 is 7.32. The zero-order chi connectivity index (χ0) is 22.9. The Labute approximate surface area is 201 Å². The number of thiophene rings is 1. The molecular weight excluding hydrogens is 458 g/mol. The number of pyridine rings is 1. The molecule has 1 atom stereocenters. The van der Waals surface area contributed by atoms with Gasteiger partial charge in [0.15, 0.2) is 6.10 Å². The van der Waals surface area contributed by atoms with Gasteiger partial charge in [-0.15, -0.1) is 11.3 Å². The largest absolute Gasteiger partial charge is 0.479 e. The summed E-state index contributed by atoms with van der Waals surface area (Å²) in [5.41, 5.74) is 3.73. The Hall–Kier alpha value is -2.64. The minimum atomic E-state index is -0.501. The molecule has 3 aromatic rings. The highest BCUT2D eigenvalue weighted by atomic mass is 35.5. The number of nitrogens with one attached hydrogen (secondary N) is 1. The van der Waals surface area contributed by atoms with Gasteiger partial charge in [-0.1, -0.05) is 11.6 Å². The number of aromatic nitrogens is 1. The normalized spacial score (nSPS) is 17.6. The predicted octanol–water partition coefficient (Wildman–Crippen LogP) is 4.61. The van der Waals surface area contributed by atoms with Crippen molar-refractivity contribution < 1.29 is 14.3 Å². The first-order valence-corrected chi connectivity index (χ1v) is 12.6. The summed E-state index contributed by atoms with van der Waals surface area (Å²) >= 11 is 8.14. The smallest absolute Gasteiger partial charge is 0.263 e. The number of piperidine rings is 1. The SMILES string of the molecule is CNC(=O)CCc1cc2nccc(-c3cc(Cl)cc4c3OC(C(=O)N3CCCCC3)C4)c2s1. The molecule has 0 saturated carbocycles. The van der Waals surface area contributed by atoms with Crippen molar-refractivity contribution in [2.75, 3.05) is 20.1 Å². The lowest BCUT2D eigenvalue weighted by atomic mass is 10.0. The van der Waals surface area contributed by atoms with E-state index in [0.29, 0.717) is 24.3 Å². The van der Waals surface area contributed by atoms with Gasteiger partial charge in [0.05, 0.1) is 10.2 Å². The Kier molecular flexibility index (Phi) is 6.25. The number of benzene rings is 1. The quantitative estimate of drug-likeness (QED) is 0.575. The number of halogens is 1. The van der Waals surface area contributed by atoms with Crippen molar-refractivity contribution in [1.29, 1.82) is 0 Å². The second kappa shape index (κ2) is 9.31. The summed E-state index contributed by atoms with van der Waals surface area (Å²) in [6, 6.07) is 7.83. The van der Waals surface area contributed by atoms with Crippen LogP contribution in [0.2, 0.25) is 5.02 Å². The standard InChI is InChI=1S/C25H26ClN3O3S/c1-27-22(30)6-5-17-14-20-24(33-17)18(7-8-28-20)19-13-16(26)11-15-12-21(32-23(15)19)25(31)29-9-3-2-4-10-29/h7-8,11,13-14,21H,2-6,9-10,12H2,1H3,(H,27,30). The van der Waals surface area contributed by atoms with E-state index in [-0.39, 0.29) is 11.8 Å². The average Bonchev–Trinajstić information content (AvgIpc) is 3.45. The number of hydrogen-bond acceptors (Lipinski definition) is 5. The summed E-state index contributed by atoms with van der Waals surface area (Å²) in [5, 5.41) is 3.29. The van der Waals surface area contributed by atoms with Crippen LogP contribution in [0.15, 0.2) is 30.5 Å². The number of rotatable bonds is 5. The second-order valence-electron chi connectivity index (χ2n) is 8.60. The number of aryl methyl sites for hydroxylation is 1. The molecule has 0 aliphatic carbocycles. The van der Waals surface area contributed by atoms with Crippen LogP contribution in [0.5, 0.6) is 5.75 Å². The van der Waals surface area contributed by atoms with Gasteiger partial charge in [0.25, 0.3) is 5.91 Å². The fourth-order valence-electron chi connectivity index (χ4n) is 4.66. The van der Waals surface area contributed by atoms with E-state index in [1.807, 2.05) is 29.2 Å². The van der Waals surface area contributed by atoms with Crippen LogP contribution < -0.4 is 10.1 Å². The van der Waals surface area contributed by atoms with Crippen molar-refractivity contribution in [1.82, 2.24) is 15.2 Å². The van der Waals surface area contributed by atoms with Gasteiger partial charge in [-0.05, 0) is 49.9 Å². The molecule has 0 radical (unpaired) electrons. The van der Waals surface area contributed by atoms with Crippen molar-refractivity contribution in [3.05, 3.63) is 45.9 Å². The van der Waals surface area contributed by atoms with E-state index in [9.17, 15) is 9.59 Å². The number of likely N-dealkylation sites (tertiary alicyclic amines) is 1. The fraction of sp³-hybridized carbons (Fsp3) is 0.400. The highest BCUT2D eigenvalue weighted by Gasteiger charge is 2.35. The molecule has 2 aliphatic rings. The first kappa shape index (κ1) is 22.2. The summed E-state index contributed by atoms with van der Waals surface area (Å²) in [5.74, 6) is 0.828.